The predicted octanol–water partition coefficient (Wildman–Crippen LogP) is 2.78. The van der Waals surface area contributed by atoms with Crippen molar-refractivity contribution < 1.29 is 13.5 Å². The second-order valence-electron chi connectivity index (χ2n) is 5.76. The van der Waals surface area contributed by atoms with E-state index in [-0.39, 0.29) is 11.6 Å². The molecule has 0 aliphatic carbocycles. The minimum atomic E-state index is -0.625. The Hall–Kier alpha value is -2.23. The maximum atomic E-state index is 14.0. The molecule has 0 radical (unpaired) electrons. The number of rotatable bonds is 4. The molecule has 1 saturated heterocycles. The number of nitrogens with zero attached hydrogens (tertiary/aromatic N) is 4. The summed E-state index contributed by atoms with van der Waals surface area (Å²) in [6.07, 6.45) is 1.56. The minimum Gasteiger partial charge on any atom is -0.378 e. The molecule has 4 rings (SSSR count). The highest BCUT2D eigenvalue weighted by molar-refractivity contribution is 7.03. The Morgan fingerprint density at radius 1 is 1.36 bits per heavy atom. The lowest BCUT2D eigenvalue weighted by Gasteiger charge is -2.33. The standard InChI is InChI=1S/C16H15F2N5OS/c17-10-1-2-12(13(18)5-10)14-6-19-16(20-14)15-8-24-4-3-23(15)7-11-9-25-22-21-11/h1-2,5-6,9,15H,3-4,7-8H2,(H,19,20)/t15-/m0/s1. The smallest absolute Gasteiger partial charge is 0.135 e. The van der Waals surface area contributed by atoms with Crippen LogP contribution in [0.15, 0.2) is 29.8 Å². The molecule has 0 spiro atoms. The third-order valence-corrected chi connectivity index (χ3v) is 4.70. The van der Waals surface area contributed by atoms with E-state index in [1.165, 1.54) is 23.7 Å². The van der Waals surface area contributed by atoms with Gasteiger partial charge in [0, 0.05) is 30.1 Å². The summed E-state index contributed by atoms with van der Waals surface area (Å²) < 4.78 is 36.5. The van der Waals surface area contributed by atoms with Gasteiger partial charge < -0.3 is 9.72 Å². The van der Waals surface area contributed by atoms with Gasteiger partial charge in [0.25, 0.3) is 0 Å². The van der Waals surface area contributed by atoms with Gasteiger partial charge in [0.2, 0.25) is 0 Å². The monoisotopic (exact) mass is 363 g/mol. The molecule has 1 aromatic carbocycles. The summed E-state index contributed by atoms with van der Waals surface area (Å²) >= 11 is 1.31. The SMILES string of the molecule is Fc1ccc(-c2cnc([C@@H]3COCCN3Cc3csnn3)[nH]2)c(F)c1. The molecule has 0 bridgehead atoms. The molecule has 130 valence electrons. The van der Waals surface area contributed by atoms with Crippen LogP contribution in [-0.2, 0) is 11.3 Å². The number of imidazole rings is 1. The van der Waals surface area contributed by atoms with Gasteiger partial charge in [0.1, 0.15) is 17.5 Å². The molecule has 6 nitrogen and oxygen atoms in total. The number of H-pyrrole nitrogens is 1. The maximum Gasteiger partial charge on any atom is 0.135 e. The number of aromatic amines is 1. The van der Waals surface area contributed by atoms with Crippen LogP contribution in [0.25, 0.3) is 11.3 Å². The van der Waals surface area contributed by atoms with Crippen LogP contribution in [0.3, 0.4) is 0 Å². The van der Waals surface area contributed by atoms with Crippen molar-refractivity contribution in [1.82, 2.24) is 24.5 Å². The highest BCUT2D eigenvalue weighted by Gasteiger charge is 2.28. The van der Waals surface area contributed by atoms with E-state index >= 15 is 0 Å². The van der Waals surface area contributed by atoms with Gasteiger partial charge in [-0.15, -0.1) is 5.10 Å². The lowest BCUT2D eigenvalue weighted by Crippen LogP contribution is -2.39. The molecule has 0 saturated carbocycles. The van der Waals surface area contributed by atoms with Crippen molar-refractivity contribution in [3.63, 3.8) is 0 Å². The average molecular weight is 363 g/mol. The summed E-state index contributed by atoms with van der Waals surface area (Å²) in [5.41, 5.74) is 1.69. The van der Waals surface area contributed by atoms with Gasteiger partial charge in [-0.2, -0.15) is 0 Å². The summed E-state index contributed by atoms with van der Waals surface area (Å²) in [5.74, 6) is -0.549. The van der Waals surface area contributed by atoms with E-state index < -0.39 is 11.6 Å². The van der Waals surface area contributed by atoms with E-state index in [0.29, 0.717) is 31.3 Å². The molecule has 1 aliphatic heterocycles. The predicted molar refractivity (Wildman–Crippen MR) is 87.8 cm³/mol. The van der Waals surface area contributed by atoms with Crippen molar-refractivity contribution in [2.75, 3.05) is 19.8 Å². The number of nitrogens with one attached hydrogen (secondary N) is 1. The highest BCUT2D eigenvalue weighted by atomic mass is 32.1. The number of halogens is 2. The zero-order valence-corrected chi connectivity index (χ0v) is 14.0. The third-order valence-electron chi connectivity index (χ3n) is 4.14. The first-order valence-electron chi connectivity index (χ1n) is 7.79. The number of morpholine rings is 1. The van der Waals surface area contributed by atoms with Gasteiger partial charge in [-0.1, -0.05) is 4.49 Å². The summed E-state index contributed by atoms with van der Waals surface area (Å²) in [6.45, 7) is 2.50. The van der Waals surface area contributed by atoms with Crippen molar-refractivity contribution >= 4 is 11.5 Å². The van der Waals surface area contributed by atoms with E-state index in [2.05, 4.69) is 24.5 Å². The summed E-state index contributed by atoms with van der Waals surface area (Å²) in [4.78, 5) is 9.73. The Morgan fingerprint density at radius 3 is 3.08 bits per heavy atom. The van der Waals surface area contributed by atoms with Crippen LogP contribution in [0.4, 0.5) is 8.78 Å². The lowest BCUT2D eigenvalue weighted by molar-refractivity contribution is -0.0161. The Labute approximate surface area is 146 Å². The highest BCUT2D eigenvalue weighted by Crippen LogP contribution is 2.27. The van der Waals surface area contributed by atoms with Gasteiger partial charge in [0.15, 0.2) is 0 Å². The van der Waals surface area contributed by atoms with Crippen molar-refractivity contribution in [2.24, 2.45) is 0 Å². The number of aromatic nitrogens is 4. The Balaban J connectivity index is 1.59. The van der Waals surface area contributed by atoms with Crippen molar-refractivity contribution in [3.05, 3.63) is 52.9 Å². The molecule has 1 N–H and O–H groups in total. The molecule has 3 heterocycles. The number of benzene rings is 1. The average Bonchev–Trinajstić information content (AvgIpc) is 3.27. The molecule has 0 unspecified atom stereocenters. The molecule has 3 aromatic rings. The van der Waals surface area contributed by atoms with Crippen LogP contribution >= 0.6 is 11.5 Å². The van der Waals surface area contributed by atoms with Crippen molar-refractivity contribution in [3.8, 4) is 11.3 Å². The van der Waals surface area contributed by atoms with E-state index in [1.54, 1.807) is 6.20 Å². The van der Waals surface area contributed by atoms with Crippen LogP contribution in [0.1, 0.15) is 17.6 Å². The molecular formula is C16H15F2N5OS. The number of ether oxygens (including phenoxy) is 1. The van der Waals surface area contributed by atoms with Gasteiger partial charge >= 0.3 is 0 Å². The van der Waals surface area contributed by atoms with Crippen LogP contribution < -0.4 is 0 Å². The fourth-order valence-corrected chi connectivity index (χ4v) is 3.33. The number of hydrogen-bond donors (Lipinski definition) is 1. The topological polar surface area (TPSA) is 66.9 Å². The van der Waals surface area contributed by atoms with Crippen molar-refractivity contribution in [2.45, 2.75) is 12.6 Å². The zero-order valence-electron chi connectivity index (χ0n) is 13.2. The molecule has 2 aromatic heterocycles. The molecule has 9 heteroatoms. The van der Waals surface area contributed by atoms with E-state index in [9.17, 15) is 8.78 Å². The Bertz CT molecular complexity index is 854. The van der Waals surface area contributed by atoms with Gasteiger partial charge in [-0.3, -0.25) is 4.90 Å². The molecule has 0 amide bonds. The fourth-order valence-electron chi connectivity index (χ4n) is 2.89. The summed E-state index contributed by atoms with van der Waals surface area (Å²) in [7, 11) is 0. The Morgan fingerprint density at radius 2 is 2.28 bits per heavy atom. The summed E-state index contributed by atoms with van der Waals surface area (Å²) in [6, 6.07) is 3.40. The zero-order chi connectivity index (χ0) is 17.2. The van der Waals surface area contributed by atoms with E-state index in [1.807, 2.05) is 5.38 Å². The molecule has 1 fully saturated rings. The molecule has 1 atom stereocenters. The summed E-state index contributed by atoms with van der Waals surface area (Å²) in [5, 5.41) is 5.99. The van der Waals surface area contributed by atoms with Crippen molar-refractivity contribution in [1.29, 1.82) is 0 Å². The first-order valence-corrected chi connectivity index (χ1v) is 8.62. The third kappa shape index (κ3) is 3.44. The Kier molecular flexibility index (Phi) is 4.51. The first-order chi connectivity index (χ1) is 12.2. The molecule has 25 heavy (non-hydrogen) atoms. The van der Waals surface area contributed by atoms with E-state index in [0.717, 1.165) is 18.3 Å². The second-order valence-corrected chi connectivity index (χ2v) is 6.37. The van der Waals surface area contributed by atoms with Crippen LogP contribution in [0.5, 0.6) is 0 Å². The minimum absolute atomic E-state index is 0.0901. The van der Waals surface area contributed by atoms with E-state index in [4.69, 9.17) is 4.74 Å². The van der Waals surface area contributed by atoms with Crippen LogP contribution in [0.2, 0.25) is 0 Å². The lowest BCUT2D eigenvalue weighted by atomic mass is 10.1. The normalized spacial score (nSPS) is 18.6. The van der Waals surface area contributed by atoms with Crippen LogP contribution in [-0.4, -0.2) is 44.2 Å². The van der Waals surface area contributed by atoms with Crippen LogP contribution in [0, 0.1) is 11.6 Å². The van der Waals surface area contributed by atoms with Gasteiger partial charge in [0.05, 0.1) is 36.8 Å². The largest absolute Gasteiger partial charge is 0.378 e. The number of hydrogen-bond acceptors (Lipinski definition) is 6. The first kappa shape index (κ1) is 16.2. The van der Waals surface area contributed by atoms with Gasteiger partial charge in [-0.05, 0) is 23.7 Å². The quantitative estimate of drug-likeness (QED) is 0.772. The molecule has 1 aliphatic rings. The maximum absolute atomic E-state index is 14.0. The van der Waals surface area contributed by atoms with Gasteiger partial charge in [-0.25, -0.2) is 13.8 Å². The fraction of sp³-hybridized carbons (Fsp3) is 0.312. The second kappa shape index (κ2) is 6.95. The molecular weight excluding hydrogens is 348 g/mol.